The largest absolute Gasteiger partial charge is 0.335 e. The maximum Gasteiger partial charge on any atom is 0.251 e. The van der Waals surface area contributed by atoms with Crippen LogP contribution in [0.3, 0.4) is 0 Å². The number of benzene rings is 1. The molecule has 2 fully saturated rings. The smallest absolute Gasteiger partial charge is 0.251 e. The van der Waals surface area contributed by atoms with Crippen LogP contribution in [0.15, 0.2) is 24.3 Å². The number of hydrazine groups is 1. The summed E-state index contributed by atoms with van der Waals surface area (Å²) in [7, 11) is 0. The molecule has 1 saturated heterocycles. The Hall–Kier alpha value is -1.63. The third-order valence-corrected chi connectivity index (χ3v) is 6.50. The average Bonchev–Trinajstić information content (AvgIpc) is 3.18. The minimum Gasteiger partial charge on any atom is -0.335 e. The van der Waals surface area contributed by atoms with Crippen molar-refractivity contribution in [1.29, 1.82) is 0 Å². The van der Waals surface area contributed by atoms with Gasteiger partial charge in [0.15, 0.2) is 0 Å². The third kappa shape index (κ3) is 5.96. The lowest BCUT2D eigenvalue weighted by Crippen LogP contribution is -2.53. The van der Waals surface area contributed by atoms with Crippen molar-refractivity contribution in [2.45, 2.75) is 76.9 Å². The van der Waals surface area contributed by atoms with Gasteiger partial charge in [-0.1, -0.05) is 56.8 Å². The van der Waals surface area contributed by atoms with Crippen LogP contribution in [0.5, 0.6) is 0 Å². The predicted molar refractivity (Wildman–Crippen MR) is 120 cm³/mol. The average molecular weight is 435 g/mol. The molecule has 30 heavy (non-hydrogen) atoms. The van der Waals surface area contributed by atoms with Gasteiger partial charge in [0.2, 0.25) is 5.91 Å². The highest BCUT2D eigenvalue weighted by atomic mass is 35.5. The molecule has 1 unspecified atom stereocenters. The Balaban J connectivity index is 1.56. The molecule has 3 rings (SSSR count). The maximum atomic E-state index is 13.0. The monoisotopic (exact) mass is 434 g/mol. The molecule has 0 spiro atoms. The van der Waals surface area contributed by atoms with E-state index in [9.17, 15) is 9.59 Å². The number of amides is 2. The minimum absolute atomic E-state index is 0.0108. The van der Waals surface area contributed by atoms with Gasteiger partial charge in [-0.3, -0.25) is 15.0 Å². The number of rotatable bonds is 7. The van der Waals surface area contributed by atoms with E-state index >= 15 is 0 Å². The number of nitrogens with two attached hydrogens (primary N) is 1. The van der Waals surface area contributed by atoms with Crippen molar-refractivity contribution in [3.63, 3.8) is 0 Å². The molecule has 1 aliphatic carbocycles. The summed E-state index contributed by atoms with van der Waals surface area (Å²) in [5.74, 6) is 0.0351. The standard InChI is InChI=1S/C23H35ClN4O2/c1-16(2)23(30)28(19-6-4-3-5-7-19)20-12-13-27(15-20)26-22(29)21(25)14-17-8-10-18(24)11-9-17/h8-11,16,19-21H,3-7,12-15,25H2,1-2H3,(H,26,29)/t20-,21?/m0/s1. The number of hydrogen-bond acceptors (Lipinski definition) is 4. The third-order valence-electron chi connectivity index (χ3n) is 6.25. The Morgan fingerprint density at radius 1 is 1.13 bits per heavy atom. The molecular formula is C23H35ClN4O2. The van der Waals surface area contributed by atoms with Gasteiger partial charge in [-0.2, -0.15) is 0 Å². The summed E-state index contributed by atoms with van der Waals surface area (Å²) in [5, 5.41) is 2.59. The van der Waals surface area contributed by atoms with Gasteiger partial charge in [-0.05, 0) is 43.4 Å². The van der Waals surface area contributed by atoms with Crippen LogP contribution < -0.4 is 11.2 Å². The summed E-state index contributed by atoms with van der Waals surface area (Å²) in [6.07, 6.45) is 7.17. The van der Waals surface area contributed by atoms with Crippen molar-refractivity contribution >= 4 is 23.4 Å². The molecule has 2 atom stereocenters. The fraction of sp³-hybridized carbons (Fsp3) is 0.652. The molecular weight excluding hydrogens is 400 g/mol. The van der Waals surface area contributed by atoms with Crippen LogP contribution in [-0.4, -0.2) is 52.9 Å². The molecule has 6 nitrogen and oxygen atoms in total. The van der Waals surface area contributed by atoms with Crippen molar-refractivity contribution in [3.05, 3.63) is 34.9 Å². The van der Waals surface area contributed by atoms with E-state index in [0.717, 1.165) is 31.4 Å². The van der Waals surface area contributed by atoms with E-state index in [-0.39, 0.29) is 23.8 Å². The lowest BCUT2D eigenvalue weighted by atomic mass is 9.92. The summed E-state index contributed by atoms with van der Waals surface area (Å²) in [4.78, 5) is 27.7. The first-order valence-electron chi connectivity index (χ1n) is 11.2. The lowest BCUT2D eigenvalue weighted by molar-refractivity contribution is -0.140. The second-order valence-electron chi connectivity index (χ2n) is 8.99. The maximum absolute atomic E-state index is 13.0. The Morgan fingerprint density at radius 3 is 2.43 bits per heavy atom. The van der Waals surface area contributed by atoms with Crippen LogP contribution in [-0.2, 0) is 16.0 Å². The predicted octanol–water partition coefficient (Wildman–Crippen LogP) is 3.13. The molecule has 2 amide bonds. The molecule has 1 aromatic carbocycles. The SMILES string of the molecule is CC(C)C(=O)N(C1CCCCC1)[C@H]1CCN(NC(=O)C(N)Cc2ccc(Cl)cc2)C1. The van der Waals surface area contributed by atoms with Crippen LogP contribution in [0.25, 0.3) is 0 Å². The Bertz CT molecular complexity index is 718. The van der Waals surface area contributed by atoms with Crippen molar-refractivity contribution in [2.75, 3.05) is 13.1 Å². The molecule has 0 radical (unpaired) electrons. The minimum atomic E-state index is -0.628. The van der Waals surface area contributed by atoms with E-state index in [1.54, 1.807) is 12.1 Å². The molecule has 3 N–H and O–H groups in total. The summed E-state index contributed by atoms with van der Waals surface area (Å²) < 4.78 is 0. The van der Waals surface area contributed by atoms with Crippen LogP contribution in [0.2, 0.25) is 5.02 Å². The van der Waals surface area contributed by atoms with Gasteiger partial charge in [0, 0.05) is 36.1 Å². The number of nitrogens with one attached hydrogen (secondary N) is 1. The van der Waals surface area contributed by atoms with Gasteiger partial charge in [0.25, 0.3) is 5.91 Å². The van der Waals surface area contributed by atoms with Gasteiger partial charge in [-0.25, -0.2) is 5.01 Å². The highest BCUT2D eigenvalue weighted by Gasteiger charge is 2.37. The number of halogens is 1. The van der Waals surface area contributed by atoms with Gasteiger partial charge >= 0.3 is 0 Å². The molecule has 0 bridgehead atoms. The normalized spacial score (nSPS) is 21.6. The molecule has 1 aromatic rings. The zero-order valence-corrected chi connectivity index (χ0v) is 18.9. The van der Waals surface area contributed by atoms with Crippen molar-refractivity contribution in [2.24, 2.45) is 11.7 Å². The van der Waals surface area contributed by atoms with Crippen molar-refractivity contribution in [3.8, 4) is 0 Å². The first-order chi connectivity index (χ1) is 14.3. The molecule has 2 aliphatic rings. The van der Waals surface area contributed by atoms with Crippen LogP contribution in [0, 0.1) is 5.92 Å². The zero-order chi connectivity index (χ0) is 21.7. The van der Waals surface area contributed by atoms with Gasteiger partial charge in [0.1, 0.15) is 0 Å². The number of carbonyl (C=O) groups is 2. The van der Waals surface area contributed by atoms with Crippen molar-refractivity contribution < 1.29 is 9.59 Å². The van der Waals surface area contributed by atoms with Gasteiger partial charge in [0.05, 0.1) is 6.04 Å². The molecule has 1 saturated carbocycles. The fourth-order valence-corrected chi connectivity index (χ4v) is 4.72. The Morgan fingerprint density at radius 2 is 1.80 bits per heavy atom. The van der Waals surface area contributed by atoms with E-state index in [1.165, 1.54) is 19.3 Å². The molecule has 1 heterocycles. The van der Waals surface area contributed by atoms with Gasteiger partial charge < -0.3 is 10.6 Å². The van der Waals surface area contributed by atoms with E-state index < -0.39 is 6.04 Å². The first-order valence-corrected chi connectivity index (χ1v) is 11.6. The molecule has 0 aromatic heterocycles. The highest BCUT2D eigenvalue weighted by molar-refractivity contribution is 6.30. The Labute approximate surface area is 185 Å². The number of hydrogen-bond donors (Lipinski definition) is 2. The fourth-order valence-electron chi connectivity index (χ4n) is 4.59. The Kier molecular flexibility index (Phi) is 8.14. The molecule has 7 heteroatoms. The second kappa shape index (κ2) is 10.6. The first kappa shape index (κ1) is 23.0. The second-order valence-corrected chi connectivity index (χ2v) is 9.43. The van der Waals surface area contributed by atoms with E-state index in [0.29, 0.717) is 24.0 Å². The van der Waals surface area contributed by atoms with Crippen molar-refractivity contribution in [1.82, 2.24) is 15.3 Å². The van der Waals surface area contributed by atoms with Crippen LogP contribution in [0.1, 0.15) is 57.9 Å². The molecule has 1 aliphatic heterocycles. The number of carbonyl (C=O) groups excluding carboxylic acids is 2. The van der Waals surface area contributed by atoms with Crippen LogP contribution >= 0.6 is 11.6 Å². The summed E-state index contributed by atoms with van der Waals surface area (Å²) in [6, 6.07) is 7.24. The zero-order valence-electron chi connectivity index (χ0n) is 18.1. The summed E-state index contributed by atoms with van der Waals surface area (Å²) in [6.45, 7) is 5.35. The summed E-state index contributed by atoms with van der Waals surface area (Å²) in [5.41, 5.74) is 10.1. The van der Waals surface area contributed by atoms with Crippen LogP contribution in [0.4, 0.5) is 0 Å². The molecule has 166 valence electrons. The van der Waals surface area contributed by atoms with E-state index in [1.807, 2.05) is 31.0 Å². The quantitative estimate of drug-likeness (QED) is 0.691. The lowest BCUT2D eigenvalue weighted by Gasteiger charge is -2.39. The topological polar surface area (TPSA) is 78.7 Å². The van der Waals surface area contributed by atoms with E-state index in [4.69, 9.17) is 17.3 Å². The highest BCUT2D eigenvalue weighted by Crippen LogP contribution is 2.28. The van der Waals surface area contributed by atoms with E-state index in [2.05, 4.69) is 10.3 Å². The summed E-state index contributed by atoms with van der Waals surface area (Å²) >= 11 is 5.92. The number of nitrogens with zero attached hydrogens (tertiary/aromatic N) is 2. The van der Waals surface area contributed by atoms with Gasteiger partial charge in [-0.15, -0.1) is 0 Å².